The van der Waals surface area contributed by atoms with E-state index in [1.807, 2.05) is 18.2 Å². The fourth-order valence-electron chi connectivity index (χ4n) is 1.68. The topological polar surface area (TPSA) is 82.5 Å². The lowest BCUT2D eigenvalue weighted by Crippen LogP contribution is -2.39. The van der Waals surface area contributed by atoms with Crippen molar-refractivity contribution >= 4 is 0 Å². The van der Waals surface area contributed by atoms with Crippen molar-refractivity contribution in [1.82, 2.24) is 5.32 Å². The fourth-order valence-corrected chi connectivity index (χ4v) is 1.68. The van der Waals surface area contributed by atoms with Crippen molar-refractivity contribution in [3.05, 3.63) is 23.8 Å². The Kier molecular flexibility index (Phi) is 4.19. The van der Waals surface area contributed by atoms with E-state index in [1.165, 1.54) is 0 Å². The first-order chi connectivity index (χ1) is 8.29. The first kappa shape index (κ1) is 12.2. The van der Waals surface area contributed by atoms with Crippen LogP contribution < -0.4 is 26.3 Å². The Labute approximate surface area is 101 Å². The molecule has 5 nitrogen and oxygen atoms in total. The summed E-state index contributed by atoms with van der Waals surface area (Å²) in [6.07, 6.45) is 0. The maximum Gasteiger partial charge on any atom is 0.161 e. The molecule has 0 aliphatic carbocycles. The highest BCUT2D eigenvalue weighted by atomic mass is 16.6. The lowest BCUT2D eigenvalue weighted by Gasteiger charge is -2.19. The van der Waals surface area contributed by atoms with Gasteiger partial charge in [-0.3, -0.25) is 0 Å². The van der Waals surface area contributed by atoms with Crippen LogP contribution in [-0.4, -0.2) is 32.3 Å². The maximum atomic E-state index is 5.72. The van der Waals surface area contributed by atoms with Crippen molar-refractivity contribution in [1.29, 1.82) is 0 Å². The third kappa shape index (κ3) is 3.33. The maximum absolute atomic E-state index is 5.72. The van der Waals surface area contributed by atoms with Crippen LogP contribution in [0.1, 0.15) is 5.56 Å². The Hall–Kier alpha value is -1.30. The molecule has 0 aromatic heterocycles. The van der Waals surface area contributed by atoms with Gasteiger partial charge in [0.1, 0.15) is 13.2 Å². The molecule has 1 aromatic rings. The van der Waals surface area contributed by atoms with E-state index < -0.39 is 0 Å². The van der Waals surface area contributed by atoms with E-state index in [0.29, 0.717) is 26.3 Å². The third-order valence-electron chi connectivity index (χ3n) is 2.64. The molecule has 1 heterocycles. The Bertz CT molecular complexity index is 371. The molecule has 1 unspecified atom stereocenters. The van der Waals surface area contributed by atoms with Gasteiger partial charge < -0.3 is 26.3 Å². The standard InChI is InChI=1S/C12H19N3O2/c13-6-10(14)8-15-7-9-1-2-11-12(5-9)17-4-3-16-11/h1-2,5,10,15H,3-4,6-8,13-14H2. The molecule has 1 aromatic carbocycles. The third-order valence-corrected chi connectivity index (χ3v) is 2.64. The highest BCUT2D eigenvalue weighted by Gasteiger charge is 2.11. The molecule has 0 saturated carbocycles. The van der Waals surface area contributed by atoms with Gasteiger partial charge in [-0.15, -0.1) is 0 Å². The average Bonchev–Trinajstić information content (AvgIpc) is 2.38. The number of hydrogen-bond donors (Lipinski definition) is 3. The molecule has 0 bridgehead atoms. The summed E-state index contributed by atoms with van der Waals surface area (Å²) >= 11 is 0. The van der Waals surface area contributed by atoms with Gasteiger partial charge in [0.05, 0.1) is 0 Å². The van der Waals surface area contributed by atoms with Crippen molar-refractivity contribution in [2.75, 3.05) is 26.3 Å². The number of nitrogens with two attached hydrogens (primary N) is 2. The minimum Gasteiger partial charge on any atom is -0.486 e. The van der Waals surface area contributed by atoms with Crippen LogP contribution in [0.3, 0.4) is 0 Å². The second kappa shape index (κ2) is 5.86. The van der Waals surface area contributed by atoms with Gasteiger partial charge in [-0.1, -0.05) is 6.07 Å². The van der Waals surface area contributed by atoms with Gasteiger partial charge in [-0.25, -0.2) is 0 Å². The van der Waals surface area contributed by atoms with Crippen LogP contribution in [0.2, 0.25) is 0 Å². The van der Waals surface area contributed by atoms with Crippen molar-refractivity contribution in [2.24, 2.45) is 11.5 Å². The quantitative estimate of drug-likeness (QED) is 0.662. The summed E-state index contributed by atoms with van der Waals surface area (Å²) in [4.78, 5) is 0. The van der Waals surface area contributed by atoms with Gasteiger partial charge in [0.2, 0.25) is 0 Å². The van der Waals surface area contributed by atoms with E-state index in [0.717, 1.165) is 23.6 Å². The SMILES string of the molecule is NCC(N)CNCc1ccc2c(c1)OCCO2. The highest BCUT2D eigenvalue weighted by Crippen LogP contribution is 2.30. The summed E-state index contributed by atoms with van der Waals surface area (Å²) in [5, 5.41) is 3.26. The van der Waals surface area contributed by atoms with Crippen LogP contribution in [0.15, 0.2) is 18.2 Å². The molecule has 5 heteroatoms. The van der Waals surface area contributed by atoms with Crippen molar-refractivity contribution in [2.45, 2.75) is 12.6 Å². The zero-order chi connectivity index (χ0) is 12.1. The first-order valence-electron chi connectivity index (χ1n) is 5.84. The van der Waals surface area contributed by atoms with Crippen LogP contribution in [0.25, 0.3) is 0 Å². The van der Waals surface area contributed by atoms with Crippen molar-refractivity contribution in [3.63, 3.8) is 0 Å². The molecule has 1 aliphatic heterocycles. The van der Waals surface area contributed by atoms with Gasteiger partial charge in [-0.2, -0.15) is 0 Å². The number of rotatable bonds is 5. The first-order valence-corrected chi connectivity index (χ1v) is 5.84. The summed E-state index contributed by atoms with van der Waals surface area (Å²) in [6.45, 7) is 3.20. The normalized spacial score (nSPS) is 15.6. The summed E-state index contributed by atoms with van der Waals surface area (Å²) in [6, 6.07) is 5.96. The average molecular weight is 237 g/mol. The Morgan fingerprint density at radius 1 is 1.24 bits per heavy atom. The van der Waals surface area contributed by atoms with Crippen LogP contribution in [0.5, 0.6) is 11.5 Å². The summed E-state index contributed by atoms with van der Waals surface area (Å²) in [5.41, 5.74) is 12.3. The Balaban J connectivity index is 1.89. The minimum atomic E-state index is 0.00668. The molecular formula is C12H19N3O2. The van der Waals surface area contributed by atoms with E-state index >= 15 is 0 Å². The molecule has 0 radical (unpaired) electrons. The fraction of sp³-hybridized carbons (Fsp3) is 0.500. The summed E-state index contributed by atoms with van der Waals surface area (Å²) in [5.74, 6) is 1.64. The molecule has 17 heavy (non-hydrogen) atoms. The Morgan fingerprint density at radius 3 is 2.76 bits per heavy atom. The minimum absolute atomic E-state index is 0.00668. The lowest BCUT2D eigenvalue weighted by molar-refractivity contribution is 0.171. The number of hydrogen-bond acceptors (Lipinski definition) is 5. The molecule has 0 fully saturated rings. The van der Waals surface area contributed by atoms with E-state index in [4.69, 9.17) is 20.9 Å². The number of ether oxygens (including phenoxy) is 2. The number of fused-ring (bicyclic) bond motifs is 1. The molecule has 94 valence electrons. The summed E-state index contributed by atoms with van der Waals surface area (Å²) < 4.78 is 11.0. The van der Waals surface area contributed by atoms with Gasteiger partial charge in [0.25, 0.3) is 0 Å². The zero-order valence-corrected chi connectivity index (χ0v) is 9.82. The van der Waals surface area contributed by atoms with Gasteiger partial charge in [0, 0.05) is 25.7 Å². The molecule has 0 saturated heterocycles. The van der Waals surface area contributed by atoms with E-state index in [-0.39, 0.29) is 6.04 Å². The van der Waals surface area contributed by atoms with Gasteiger partial charge >= 0.3 is 0 Å². The van der Waals surface area contributed by atoms with Crippen LogP contribution in [0, 0.1) is 0 Å². The molecule has 1 atom stereocenters. The summed E-state index contributed by atoms with van der Waals surface area (Å²) in [7, 11) is 0. The van der Waals surface area contributed by atoms with E-state index in [2.05, 4.69) is 5.32 Å². The predicted octanol–water partition coefficient (Wildman–Crippen LogP) is -0.167. The second-order valence-corrected chi connectivity index (χ2v) is 4.10. The molecule has 0 amide bonds. The smallest absolute Gasteiger partial charge is 0.161 e. The zero-order valence-electron chi connectivity index (χ0n) is 9.82. The monoisotopic (exact) mass is 237 g/mol. The van der Waals surface area contributed by atoms with Crippen molar-refractivity contribution in [3.8, 4) is 11.5 Å². The largest absolute Gasteiger partial charge is 0.486 e. The van der Waals surface area contributed by atoms with Crippen LogP contribution in [-0.2, 0) is 6.54 Å². The number of benzene rings is 1. The molecule has 1 aliphatic rings. The predicted molar refractivity (Wildman–Crippen MR) is 66.2 cm³/mol. The molecule has 5 N–H and O–H groups in total. The van der Waals surface area contributed by atoms with E-state index in [1.54, 1.807) is 0 Å². The lowest BCUT2D eigenvalue weighted by atomic mass is 10.2. The van der Waals surface area contributed by atoms with Crippen LogP contribution >= 0.6 is 0 Å². The second-order valence-electron chi connectivity index (χ2n) is 4.10. The molecular weight excluding hydrogens is 218 g/mol. The highest BCUT2D eigenvalue weighted by molar-refractivity contribution is 5.43. The van der Waals surface area contributed by atoms with Gasteiger partial charge in [0.15, 0.2) is 11.5 Å². The molecule has 2 rings (SSSR count). The number of nitrogens with one attached hydrogen (secondary N) is 1. The molecule has 0 spiro atoms. The van der Waals surface area contributed by atoms with Crippen molar-refractivity contribution < 1.29 is 9.47 Å². The van der Waals surface area contributed by atoms with Crippen LogP contribution in [0.4, 0.5) is 0 Å². The Morgan fingerprint density at radius 2 is 2.00 bits per heavy atom. The van der Waals surface area contributed by atoms with Gasteiger partial charge in [-0.05, 0) is 17.7 Å². The van der Waals surface area contributed by atoms with E-state index in [9.17, 15) is 0 Å².